The molecule has 116 valence electrons. The van der Waals surface area contributed by atoms with Gasteiger partial charge in [0.25, 0.3) is 5.91 Å². The summed E-state index contributed by atoms with van der Waals surface area (Å²) in [5.41, 5.74) is 0. The van der Waals surface area contributed by atoms with E-state index in [-0.39, 0.29) is 12.5 Å². The first-order valence-electron chi connectivity index (χ1n) is 7.91. The molecule has 21 heavy (non-hydrogen) atoms. The van der Waals surface area contributed by atoms with Crippen LogP contribution in [0.3, 0.4) is 0 Å². The van der Waals surface area contributed by atoms with Crippen LogP contribution in [0.15, 0.2) is 30.3 Å². The third kappa shape index (κ3) is 6.17. The minimum Gasteiger partial charge on any atom is -0.484 e. The van der Waals surface area contributed by atoms with Crippen LogP contribution >= 0.6 is 0 Å². The summed E-state index contributed by atoms with van der Waals surface area (Å²) in [6.07, 6.45) is 3.61. The molecule has 1 saturated heterocycles. The van der Waals surface area contributed by atoms with Gasteiger partial charge in [0.2, 0.25) is 0 Å². The lowest BCUT2D eigenvalue weighted by atomic mass is 9.99. The highest BCUT2D eigenvalue weighted by atomic mass is 16.5. The Balaban J connectivity index is 1.51. The van der Waals surface area contributed by atoms with E-state index in [4.69, 9.17) is 4.74 Å². The first-order chi connectivity index (χ1) is 10.2. The van der Waals surface area contributed by atoms with Crippen molar-refractivity contribution in [3.8, 4) is 5.75 Å². The van der Waals surface area contributed by atoms with Crippen LogP contribution in [-0.4, -0.2) is 43.6 Å². The highest BCUT2D eigenvalue weighted by Gasteiger charge is 2.14. The van der Waals surface area contributed by atoms with Crippen molar-refractivity contribution in [1.82, 2.24) is 10.2 Å². The highest BCUT2D eigenvalue weighted by Crippen LogP contribution is 2.15. The molecule has 1 aromatic carbocycles. The predicted molar refractivity (Wildman–Crippen MR) is 84.4 cm³/mol. The molecule has 4 nitrogen and oxygen atoms in total. The summed E-state index contributed by atoms with van der Waals surface area (Å²) in [4.78, 5) is 14.2. The Bertz CT molecular complexity index is 414. The molecule has 1 N–H and O–H groups in total. The molecular formula is C17H26N2O2. The quantitative estimate of drug-likeness (QED) is 0.784. The van der Waals surface area contributed by atoms with E-state index in [0.717, 1.165) is 31.2 Å². The smallest absolute Gasteiger partial charge is 0.257 e. The van der Waals surface area contributed by atoms with Crippen molar-refractivity contribution in [1.29, 1.82) is 0 Å². The molecule has 1 aliphatic heterocycles. The molecule has 0 atom stereocenters. The third-order valence-electron chi connectivity index (χ3n) is 3.96. The zero-order valence-electron chi connectivity index (χ0n) is 12.9. The summed E-state index contributed by atoms with van der Waals surface area (Å²) in [7, 11) is 0. The van der Waals surface area contributed by atoms with Gasteiger partial charge in [-0.3, -0.25) is 4.79 Å². The number of carbonyl (C=O) groups excluding carboxylic acids is 1. The van der Waals surface area contributed by atoms with Crippen LogP contribution in [0.5, 0.6) is 5.75 Å². The van der Waals surface area contributed by atoms with Gasteiger partial charge in [0.05, 0.1) is 0 Å². The fraction of sp³-hybridized carbons (Fsp3) is 0.588. The van der Waals surface area contributed by atoms with Gasteiger partial charge in [-0.05, 0) is 56.9 Å². The maximum Gasteiger partial charge on any atom is 0.257 e. The van der Waals surface area contributed by atoms with Crippen LogP contribution in [0.4, 0.5) is 0 Å². The molecule has 1 amide bonds. The molecule has 0 spiro atoms. The van der Waals surface area contributed by atoms with Crippen molar-refractivity contribution in [3.63, 3.8) is 0 Å². The van der Waals surface area contributed by atoms with Gasteiger partial charge in [0.1, 0.15) is 5.75 Å². The number of hydrogen-bond donors (Lipinski definition) is 1. The minimum atomic E-state index is -0.0499. The Kier molecular flexibility index (Phi) is 6.54. The summed E-state index contributed by atoms with van der Waals surface area (Å²) in [5, 5.41) is 2.91. The third-order valence-corrected chi connectivity index (χ3v) is 3.96. The highest BCUT2D eigenvalue weighted by molar-refractivity contribution is 5.77. The molecule has 1 aliphatic rings. The minimum absolute atomic E-state index is 0.0499. The maximum absolute atomic E-state index is 11.7. The molecule has 1 heterocycles. The summed E-state index contributed by atoms with van der Waals surface area (Å²) in [6.45, 7) is 6.61. The number of ether oxygens (including phenoxy) is 1. The van der Waals surface area contributed by atoms with E-state index in [1.165, 1.54) is 25.9 Å². The Morgan fingerprint density at radius 3 is 2.71 bits per heavy atom. The molecule has 1 aromatic rings. The number of carbonyl (C=O) groups is 1. The van der Waals surface area contributed by atoms with E-state index in [1.54, 1.807) is 0 Å². The van der Waals surface area contributed by atoms with Crippen LogP contribution in [0.2, 0.25) is 0 Å². The van der Waals surface area contributed by atoms with E-state index in [9.17, 15) is 4.79 Å². The fourth-order valence-corrected chi connectivity index (χ4v) is 2.53. The van der Waals surface area contributed by atoms with Gasteiger partial charge >= 0.3 is 0 Å². The second-order valence-corrected chi connectivity index (χ2v) is 5.83. The molecule has 0 aliphatic carbocycles. The normalized spacial score (nSPS) is 16.6. The van der Waals surface area contributed by atoms with Crippen LogP contribution < -0.4 is 10.1 Å². The lowest BCUT2D eigenvalue weighted by Gasteiger charge is -2.30. The first-order valence-corrected chi connectivity index (χ1v) is 7.91. The van der Waals surface area contributed by atoms with E-state index >= 15 is 0 Å². The number of nitrogens with one attached hydrogen (secondary N) is 1. The van der Waals surface area contributed by atoms with Crippen molar-refractivity contribution in [2.24, 2.45) is 5.92 Å². The molecule has 2 rings (SSSR count). The van der Waals surface area contributed by atoms with Crippen LogP contribution in [0.1, 0.15) is 26.2 Å². The van der Waals surface area contributed by atoms with Gasteiger partial charge in [-0.2, -0.15) is 0 Å². The monoisotopic (exact) mass is 290 g/mol. The Morgan fingerprint density at radius 1 is 1.29 bits per heavy atom. The molecule has 0 radical (unpaired) electrons. The summed E-state index contributed by atoms with van der Waals surface area (Å²) < 4.78 is 5.40. The Labute approximate surface area is 127 Å². The number of nitrogens with zero attached hydrogens (tertiary/aromatic N) is 1. The van der Waals surface area contributed by atoms with Crippen molar-refractivity contribution in [3.05, 3.63) is 30.3 Å². The Hall–Kier alpha value is -1.55. The molecule has 0 aromatic heterocycles. The average molecular weight is 290 g/mol. The van der Waals surface area contributed by atoms with Crippen LogP contribution in [0.25, 0.3) is 0 Å². The molecule has 0 saturated carbocycles. The SMILES string of the molecule is CC1CCN(CCCNC(=O)COc2ccccc2)CC1. The molecule has 4 heteroatoms. The topological polar surface area (TPSA) is 41.6 Å². The van der Waals surface area contributed by atoms with E-state index in [1.807, 2.05) is 30.3 Å². The fourth-order valence-electron chi connectivity index (χ4n) is 2.53. The van der Waals surface area contributed by atoms with E-state index in [0.29, 0.717) is 0 Å². The molecule has 0 bridgehead atoms. The van der Waals surface area contributed by atoms with Gasteiger partial charge in [-0.15, -0.1) is 0 Å². The second-order valence-electron chi connectivity index (χ2n) is 5.83. The van der Waals surface area contributed by atoms with Gasteiger partial charge in [0.15, 0.2) is 6.61 Å². The summed E-state index contributed by atoms with van der Waals surface area (Å²) in [5.74, 6) is 1.55. The van der Waals surface area contributed by atoms with Gasteiger partial charge in [0, 0.05) is 6.54 Å². The summed E-state index contributed by atoms with van der Waals surface area (Å²) in [6, 6.07) is 9.42. The van der Waals surface area contributed by atoms with Crippen LogP contribution in [0, 0.1) is 5.92 Å². The lowest BCUT2D eigenvalue weighted by Crippen LogP contribution is -2.36. The number of piperidine rings is 1. The van der Waals surface area contributed by atoms with Gasteiger partial charge in [-0.1, -0.05) is 25.1 Å². The van der Waals surface area contributed by atoms with E-state index < -0.39 is 0 Å². The van der Waals surface area contributed by atoms with Crippen molar-refractivity contribution in [2.75, 3.05) is 32.8 Å². The zero-order chi connectivity index (χ0) is 14.9. The van der Waals surface area contributed by atoms with Gasteiger partial charge in [-0.25, -0.2) is 0 Å². The largest absolute Gasteiger partial charge is 0.484 e. The van der Waals surface area contributed by atoms with Crippen molar-refractivity contribution >= 4 is 5.91 Å². The number of para-hydroxylation sites is 1. The summed E-state index contributed by atoms with van der Waals surface area (Å²) >= 11 is 0. The number of amides is 1. The standard InChI is InChI=1S/C17H26N2O2/c1-15-8-12-19(13-9-15)11-5-10-18-17(20)14-21-16-6-3-2-4-7-16/h2-4,6-7,15H,5,8-14H2,1H3,(H,18,20). The number of rotatable bonds is 7. The number of likely N-dealkylation sites (tertiary alicyclic amines) is 1. The van der Waals surface area contributed by atoms with E-state index in [2.05, 4.69) is 17.1 Å². The maximum atomic E-state index is 11.7. The second kappa shape index (κ2) is 8.67. The molecular weight excluding hydrogens is 264 g/mol. The number of benzene rings is 1. The lowest BCUT2D eigenvalue weighted by molar-refractivity contribution is -0.123. The molecule has 0 unspecified atom stereocenters. The first kappa shape index (κ1) is 15.8. The van der Waals surface area contributed by atoms with Crippen molar-refractivity contribution in [2.45, 2.75) is 26.2 Å². The van der Waals surface area contributed by atoms with Crippen LogP contribution in [-0.2, 0) is 4.79 Å². The average Bonchev–Trinajstić information content (AvgIpc) is 2.52. The van der Waals surface area contributed by atoms with Gasteiger partial charge < -0.3 is 15.0 Å². The van der Waals surface area contributed by atoms with Crippen molar-refractivity contribution < 1.29 is 9.53 Å². The predicted octanol–water partition coefficient (Wildman–Crippen LogP) is 2.30. The Morgan fingerprint density at radius 2 is 2.00 bits per heavy atom. The number of hydrogen-bond acceptors (Lipinski definition) is 3. The zero-order valence-corrected chi connectivity index (χ0v) is 12.9. The molecule has 1 fully saturated rings.